The number of ether oxygens (including phenoxy) is 2. The highest BCUT2D eigenvalue weighted by molar-refractivity contribution is 5.16. The SMILES string of the molecule is C=CCN1C(C)C[C@H]2[C@@H](OCc3ccccc3)[C@H](OCc3ccccc3)[C@H](O)[C@@H]1[C@H]2[N+](=O)[O-]. The first-order valence-corrected chi connectivity index (χ1v) is 11.5. The molecule has 0 spiro atoms. The summed E-state index contributed by atoms with van der Waals surface area (Å²) in [6.45, 7) is 6.94. The van der Waals surface area contributed by atoms with E-state index in [0.29, 0.717) is 26.2 Å². The van der Waals surface area contributed by atoms with Crippen molar-refractivity contribution in [2.24, 2.45) is 5.92 Å². The van der Waals surface area contributed by atoms with E-state index in [1.54, 1.807) is 6.08 Å². The number of aliphatic hydroxyl groups excluding tert-OH is 1. The molecule has 1 N–H and O–H groups in total. The van der Waals surface area contributed by atoms with E-state index in [2.05, 4.69) is 6.58 Å². The van der Waals surface area contributed by atoms with Crippen molar-refractivity contribution in [2.45, 2.75) is 63.0 Å². The van der Waals surface area contributed by atoms with E-state index in [4.69, 9.17) is 9.47 Å². The molecule has 1 aliphatic carbocycles. The normalized spacial score (nSPS) is 31.8. The van der Waals surface area contributed by atoms with Crippen molar-refractivity contribution in [1.82, 2.24) is 4.90 Å². The largest absolute Gasteiger partial charge is 0.388 e. The maximum atomic E-state index is 12.2. The maximum Gasteiger partial charge on any atom is 0.236 e. The third kappa shape index (κ3) is 5.01. The quantitative estimate of drug-likeness (QED) is 0.356. The van der Waals surface area contributed by atoms with Gasteiger partial charge in [-0.3, -0.25) is 15.0 Å². The van der Waals surface area contributed by atoms with Gasteiger partial charge in [0.25, 0.3) is 0 Å². The first kappa shape index (κ1) is 23.6. The number of nitro groups is 1. The lowest BCUT2D eigenvalue weighted by atomic mass is 9.68. The number of nitrogens with zero attached hydrogens (tertiary/aromatic N) is 2. The highest BCUT2D eigenvalue weighted by atomic mass is 16.6. The average Bonchev–Trinajstić information content (AvgIpc) is 2.82. The molecule has 0 amide bonds. The smallest absolute Gasteiger partial charge is 0.236 e. The minimum absolute atomic E-state index is 0.0572. The number of aliphatic hydroxyl groups is 1. The molecule has 2 aromatic carbocycles. The molecule has 7 atom stereocenters. The second-order valence-corrected chi connectivity index (χ2v) is 9.01. The van der Waals surface area contributed by atoms with Crippen LogP contribution in [0.2, 0.25) is 0 Å². The first-order valence-electron chi connectivity index (χ1n) is 11.5. The Balaban J connectivity index is 1.64. The third-order valence-corrected chi connectivity index (χ3v) is 6.94. The summed E-state index contributed by atoms with van der Waals surface area (Å²) < 4.78 is 12.6. The number of fused-ring (bicyclic) bond motifs is 2. The molecule has 7 heteroatoms. The van der Waals surface area contributed by atoms with Crippen LogP contribution in [0.1, 0.15) is 24.5 Å². The Kier molecular flexibility index (Phi) is 7.55. The number of rotatable bonds is 9. The number of likely N-dealkylation sites (tertiary alicyclic amines) is 1. The van der Waals surface area contributed by atoms with Gasteiger partial charge < -0.3 is 14.6 Å². The lowest BCUT2D eigenvalue weighted by molar-refractivity contribution is -0.557. The molecule has 2 aromatic rings. The zero-order chi connectivity index (χ0) is 23.4. The zero-order valence-corrected chi connectivity index (χ0v) is 18.9. The number of piperidine rings is 1. The van der Waals surface area contributed by atoms with Crippen molar-refractivity contribution in [2.75, 3.05) is 6.54 Å². The topological polar surface area (TPSA) is 85.1 Å². The van der Waals surface area contributed by atoms with Crippen LogP contribution in [0.3, 0.4) is 0 Å². The molecule has 0 aromatic heterocycles. The van der Waals surface area contributed by atoms with E-state index in [0.717, 1.165) is 11.1 Å². The molecule has 2 fully saturated rings. The molecule has 1 aliphatic heterocycles. The Labute approximate surface area is 194 Å². The summed E-state index contributed by atoms with van der Waals surface area (Å²) in [4.78, 5) is 14.0. The van der Waals surface area contributed by atoms with Crippen LogP contribution in [-0.2, 0) is 22.7 Å². The first-order chi connectivity index (χ1) is 16.0. The van der Waals surface area contributed by atoms with Gasteiger partial charge in [-0.25, -0.2) is 0 Å². The molecular formula is C26H32N2O5. The Morgan fingerprint density at radius 2 is 1.61 bits per heavy atom. The molecule has 1 saturated carbocycles. The highest BCUT2D eigenvalue weighted by Gasteiger charge is 2.62. The van der Waals surface area contributed by atoms with Crippen molar-refractivity contribution >= 4 is 0 Å². The van der Waals surface area contributed by atoms with E-state index >= 15 is 0 Å². The lowest BCUT2D eigenvalue weighted by Crippen LogP contribution is -2.73. The van der Waals surface area contributed by atoms with Gasteiger partial charge in [0.2, 0.25) is 6.04 Å². The van der Waals surface area contributed by atoms with E-state index in [9.17, 15) is 15.2 Å². The van der Waals surface area contributed by atoms with Gasteiger partial charge in [-0.15, -0.1) is 6.58 Å². The van der Waals surface area contributed by atoms with Gasteiger partial charge in [0, 0.05) is 17.5 Å². The number of benzene rings is 2. The molecule has 4 rings (SSSR count). The molecule has 2 bridgehead atoms. The average molecular weight is 453 g/mol. The second-order valence-electron chi connectivity index (χ2n) is 9.01. The van der Waals surface area contributed by atoms with E-state index in [1.807, 2.05) is 72.5 Å². The van der Waals surface area contributed by atoms with E-state index in [1.165, 1.54) is 0 Å². The summed E-state index contributed by atoms with van der Waals surface area (Å²) >= 11 is 0. The van der Waals surface area contributed by atoms with Gasteiger partial charge in [-0.05, 0) is 24.5 Å². The summed E-state index contributed by atoms with van der Waals surface area (Å²) in [5, 5.41) is 23.7. The lowest BCUT2D eigenvalue weighted by Gasteiger charge is -2.54. The minimum atomic E-state index is -1.07. The van der Waals surface area contributed by atoms with Gasteiger partial charge in [0.05, 0.1) is 25.2 Å². The third-order valence-electron chi connectivity index (χ3n) is 6.94. The predicted molar refractivity (Wildman–Crippen MR) is 125 cm³/mol. The van der Waals surface area contributed by atoms with Crippen LogP contribution in [0.15, 0.2) is 73.3 Å². The second kappa shape index (κ2) is 10.6. The minimum Gasteiger partial charge on any atom is -0.388 e. The fraction of sp³-hybridized carbons (Fsp3) is 0.462. The van der Waals surface area contributed by atoms with Crippen molar-refractivity contribution in [3.63, 3.8) is 0 Å². The molecular weight excluding hydrogens is 420 g/mol. The van der Waals surface area contributed by atoms with Crippen LogP contribution in [0.4, 0.5) is 0 Å². The highest BCUT2D eigenvalue weighted by Crippen LogP contribution is 2.42. The summed E-state index contributed by atoms with van der Waals surface area (Å²) in [5.41, 5.74) is 1.95. The standard InChI is InChI=1S/C26H32N2O5/c1-3-14-27-18(2)15-21-22(28(30)31)23(27)24(29)26(33-17-20-12-8-5-9-13-20)25(21)32-16-19-10-6-4-7-11-19/h3-13,18,21-26,29H,1,14-17H2,2H3/t18?,21-,22+,23+,24-,25-,26-/m1/s1. The number of hydrogen-bond donors (Lipinski definition) is 1. The Bertz CT molecular complexity index is 925. The summed E-state index contributed by atoms with van der Waals surface area (Å²) in [7, 11) is 0. The van der Waals surface area contributed by atoms with Crippen LogP contribution in [0, 0.1) is 16.0 Å². The predicted octanol–water partition coefficient (Wildman–Crippen LogP) is 3.44. The monoisotopic (exact) mass is 452 g/mol. The summed E-state index contributed by atoms with van der Waals surface area (Å²) in [6.07, 6.45) is -0.0150. The molecule has 1 saturated heterocycles. The molecule has 1 unspecified atom stereocenters. The van der Waals surface area contributed by atoms with E-state index < -0.39 is 30.4 Å². The van der Waals surface area contributed by atoms with Crippen LogP contribution in [0.5, 0.6) is 0 Å². The Morgan fingerprint density at radius 3 is 2.12 bits per heavy atom. The molecule has 176 valence electrons. The maximum absolute atomic E-state index is 12.2. The molecule has 1 heterocycles. The van der Waals surface area contributed by atoms with Gasteiger partial charge in [0.15, 0.2) is 0 Å². The van der Waals surface area contributed by atoms with Crippen molar-refractivity contribution in [3.8, 4) is 0 Å². The van der Waals surface area contributed by atoms with Gasteiger partial charge >= 0.3 is 0 Å². The van der Waals surface area contributed by atoms with Crippen LogP contribution >= 0.6 is 0 Å². The molecule has 33 heavy (non-hydrogen) atoms. The fourth-order valence-corrected chi connectivity index (χ4v) is 5.45. The molecule has 2 aliphatic rings. The summed E-state index contributed by atoms with van der Waals surface area (Å²) in [5.74, 6) is -0.367. The van der Waals surface area contributed by atoms with Crippen molar-refractivity contribution in [1.29, 1.82) is 0 Å². The van der Waals surface area contributed by atoms with Crippen molar-refractivity contribution in [3.05, 3.63) is 94.6 Å². The Hall–Kier alpha value is -2.58. The van der Waals surface area contributed by atoms with Crippen LogP contribution in [0.25, 0.3) is 0 Å². The van der Waals surface area contributed by atoms with Crippen molar-refractivity contribution < 1.29 is 19.5 Å². The fourth-order valence-electron chi connectivity index (χ4n) is 5.45. The molecule has 7 nitrogen and oxygen atoms in total. The van der Waals surface area contributed by atoms with Crippen LogP contribution < -0.4 is 0 Å². The van der Waals surface area contributed by atoms with E-state index in [-0.39, 0.29) is 16.9 Å². The molecule has 0 radical (unpaired) electrons. The summed E-state index contributed by atoms with van der Waals surface area (Å²) in [6, 6.07) is 17.9. The Morgan fingerprint density at radius 1 is 1.06 bits per heavy atom. The number of hydrogen-bond acceptors (Lipinski definition) is 6. The van der Waals surface area contributed by atoms with Gasteiger partial charge in [-0.1, -0.05) is 66.7 Å². The zero-order valence-electron chi connectivity index (χ0n) is 18.9. The van der Waals surface area contributed by atoms with Gasteiger partial charge in [-0.2, -0.15) is 0 Å². The van der Waals surface area contributed by atoms with Crippen LogP contribution in [-0.4, -0.2) is 57.9 Å². The van der Waals surface area contributed by atoms with Gasteiger partial charge in [0.1, 0.15) is 18.2 Å².